The summed E-state index contributed by atoms with van der Waals surface area (Å²) in [5, 5.41) is 2.87. The summed E-state index contributed by atoms with van der Waals surface area (Å²) in [4.78, 5) is 12.4. The van der Waals surface area contributed by atoms with Crippen molar-refractivity contribution < 1.29 is 19.0 Å². The molecule has 5 heteroatoms. The SMILES string of the molecule is CCC(C)Oc1ccc(C(=O)Nc2cccc(OCCOC)c2)cc1. The van der Waals surface area contributed by atoms with Gasteiger partial charge >= 0.3 is 0 Å². The first kappa shape index (κ1) is 18.8. The van der Waals surface area contributed by atoms with Crippen LogP contribution in [0, 0.1) is 0 Å². The molecule has 25 heavy (non-hydrogen) atoms. The van der Waals surface area contributed by atoms with Gasteiger partial charge in [-0.3, -0.25) is 4.79 Å². The summed E-state index contributed by atoms with van der Waals surface area (Å²) >= 11 is 0. The number of hydrogen-bond acceptors (Lipinski definition) is 4. The van der Waals surface area contributed by atoms with Crippen LogP contribution in [0.5, 0.6) is 11.5 Å². The van der Waals surface area contributed by atoms with Crippen LogP contribution in [0.1, 0.15) is 30.6 Å². The Balaban J connectivity index is 1.96. The number of nitrogens with one attached hydrogen (secondary N) is 1. The maximum Gasteiger partial charge on any atom is 0.255 e. The van der Waals surface area contributed by atoms with Crippen molar-refractivity contribution in [2.24, 2.45) is 0 Å². The summed E-state index contributed by atoms with van der Waals surface area (Å²) in [5.41, 5.74) is 1.25. The van der Waals surface area contributed by atoms with Crippen molar-refractivity contribution in [3.8, 4) is 11.5 Å². The summed E-state index contributed by atoms with van der Waals surface area (Å²) in [6.45, 7) is 5.06. The third-order valence-corrected chi connectivity index (χ3v) is 3.68. The van der Waals surface area contributed by atoms with Crippen LogP contribution in [0.3, 0.4) is 0 Å². The molecule has 2 aromatic carbocycles. The molecule has 1 unspecified atom stereocenters. The molecule has 0 aliphatic heterocycles. The van der Waals surface area contributed by atoms with Gasteiger partial charge in [0.2, 0.25) is 0 Å². The minimum atomic E-state index is -0.177. The van der Waals surface area contributed by atoms with Crippen molar-refractivity contribution in [1.29, 1.82) is 0 Å². The van der Waals surface area contributed by atoms with Crippen LogP contribution in [0.25, 0.3) is 0 Å². The molecule has 134 valence electrons. The van der Waals surface area contributed by atoms with Gasteiger partial charge in [0.1, 0.15) is 18.1 Å². The monoisotopic (exact) mass is 343 g/mol. The molecule has 0 saturated carbocycles. The smallest absolute Gasteiger partial charge is 0.255 e. The molecule has 2 aromatic rings. The van der Waals surface area contributed by atoms with Gasteiger partial charge in [0, 0.05) is 24.4 Å². The van der Waals surface area contributed by atoms with Gasteiger partial charge in [0.15, 0.2) is 0 Å². The highest BCUT2D eigenvalue weighted by molar-refractivity contribution is 6.04. The largest absolute Gasteiger partial charge is 0.491 e. The molecule has 0 fully saturated rings. The third-order valence-electron chi connectivity index (χ3n) is 3.68. The van der Waals surface area contributed by atoms with E-state index in [0.29, 0.717) is 30.2 Å². The van der Waals surface area contributed by atoms with E-state index < -0.39 is 0 Å². The number of anilines is 1. The second-order valence-corrected chi connectivity index (χ2v) is 5.68. The van der Waals surface area contributed by atoms with Crippen LogP contribution in [-0.2, 0) is 4.74 Å². The minimum Gasteiger partial charge on any atom is -0.491 e. The first-order valence-corrected chi connectivity index (χ1v) is 8.42. The second-order valence-electron chi connectivity index (χ2n) is 5.68. The average molecular weight is 343 g/mol. The van der Waals surface area contributed by atoms with Crippen molar-refractivity contribution in [3.05, 3.63) is 54.1 Å². The first-order chi connectivity index (χ1) is 12.1. The average Bonchev–Trinajstić information content (AvgIpc) is 2.62. The van der Waals surface area contributed by atoms with E-state index in [1.54, 1.807) is 25.3 Å². The molecule has 0 spiro atoms. The molecular weight excluding hydrogens is 318 g/mol. The van der Waals surface area contributed by atoms with Gasteiger partial charge in [-0.2, -0.15) is 0 Å². The van der Waals surface area contributed by atoms with Gasteiger partial charge in [0.25, 0.3) is 5.91 Å². The number of ether oxygens (including phenoxy) is 3. The van der Waals surface area contributed by atoms with Crippen LogP contribution >= 0.6 is 0 Å². The fourth-order valence-electron chi connectivity index (χ4n) is 2.11. The van der Waals surface area contributed by atoms with E-state index in [2.05, 4.69) is 12.2 Å². The Labute approximate surface area is 148 Å². The Morgan fingerprint density at radius 1 is 1.08 bits per heavy atom. The van der Waals surface area contributed by atoms with Crippen molar-refractivity contribution in [2.45, 2.75) is 26.4 Å². The second kappa shape index (κ2) is 9.69. The van der Waals surface area contributed by atoms with Crippen molar-refractivity contribution in [3.63, 3.8) is 0 Å². The van der Waals surface area contributed by atoms with E-state index in [4.69, 9.17) is 14.2 Å². The number of amides is 1. The molecule has 5 nitrogen and oxygen atoms in total. The minimum absolute atomic E-state index is 0.153. The molecule has 0 radical (unpaired) electrons. The Hall–Kier alpha value is -2.53. The van der Waals surface area contributed by atoms with Crippen LogP contribution in [0.4, 0.5) is 5.69 Å². The summed E-state index contributed by atoms with van der Waals surface area (Å²) in [6, 6.07) is 14.4. The highest BCUT2D eigenvalue weighted by Crippen LogP contribution is 2.19. The lowest BCUT2D eigenvalue weighted by atomic mass is 10.2. The molecule has 2 rings (SSSR count). The zero-order valence-electron chi connectivity index (χ0n) is 15.0. The predicted molar refractivity (Wildman–Crippen MR) is 98.6 cm³/mol. The lowest BCUT2D eigenvalue weighted by molar-refractivity contribution is 0.102. The van der Waals surface area contributed by atoms with E-state index >= 15 is 0 Å². The predicted octanol–water partition coefficient (Wildman–Crippen LogP) is 4.14. The number of methoxy groups -OCH3 is 1. The van der Waals surface area contributed by atoms with Crippen LogP contribution in [0.2, 0.25) is 0 Å². The number of carbonyl (C=O) groups excluding carboxylic acids is 1. The lowest BCUT2D eigenvalue weighted by Crippen LogP contribution is -2.13. The van der Waals surface area contributed by atoms with Crippen molar-refractivity contribution in [1.82, 2.24) is 0 Å². The fourth-order valence-corrected chi connectivity index (χ4v) is 2.11. The molecule has 1 N–H and O–H groups in total. The van der Waals surface area contributed by atoms with Gasteiger partial charge in [0.05, 0.1) is 12.7 Å². The fraction of sp³-hybridized carbons (Fsp3) is 0.350. The summed E-state index contributed by atoms with van der Waals surface area (Å²) < 4.78 is 16.2. The topological polar surface area (TPSA) is 56.8 Å². The van der Waals surface area contributed by atoms with Crippen LogP contribution in [-0.4, -0.2) is 32.3 Å². The zero-order chi connectivity index (χ0) is 18.1. The zero-order valence-corrected chi connectivity index (χ0v) is 15.0. The highest BCUT2D eigenvalue weighted by Gasteiger charge is 2.08. The molecule has 0 aliphatic carbocycles. The summed E-state index contributed by atoms with van der Waals surface area (Å²) in [5.74, 6) is 1.27. The molecule has 0 saturated heterocycles. The Bertz CT molecular complexity index is 670. The third kappa shape index (κ3) is 6.12. The maximum absolute atomic E-state index is 12.4. The molecule has 0 heterocycles. The quantitative estimate of drug-likeness (QED) is 0.695. The van der Waals surface area contributed by atoms with Crippen molar-refractivity contribution >= 4 is 11.6 Å². The van der Waals surface area contributed by atoms with Gasteiger partial charge < -0.3 is 19.5 Å². The molecule has 0 bridgehead atoms. The first-order valence-electron chi connectivity index (χ1n) is 8.42. The summed E-state index contributed by atoms with van der Waals surface area (Å²) in [6.07, 6.45) is 1.09. The van der Waals surface area contributed by atoms with E-state index in [0.717, 1.165) is 12.2 Å². The number of benzene rings is 2. The van der Waals surface area contributed by atoms with Gasteiger partial charge in [-0.25, -0.2) is 0 Å². The van der Waals surface area contributed by atoms with E-state index in [9.17, 15) is 4.79 Å². The van der Waals surface area contributed by atoms with Gasteiger partial charge in [-0.15, -0.1) is 0 Å². The number of rotatable bonds is 9. The Morgan fingerprint density at radius 2 is 1.84 bits per heavy atom. The normalized spacial score (nSPS) is 11.6. The maximum atomic E-state index is 12.4. The van der Waals surface area contributed by atoms with Gasteiger partial charge in [-0.05, 0) is 49.7 Å². The number of hydrogen-bond donors (Lipinski definition) is 1. The van der Waals surface area contributed by atoms with Gasteiger partial charge in [-0.1, -0.05) is 13.0 Å². The summed E-state index contributed by atoms with van der Waals surface area (Å²) in [7, 11) is 1.62. The Morgan fingerprint density at radius 3 is 2.52 bits per heavy atom. The van der Waals surface area contributed by atoms with Crippen LogP contribution in [0.15, 0.2) is 48.5 Å². The van der Waals surface area contributed by atoms with Crippen molar-refractivity contribution in [2.75, 3.05) is 25.6 Å². The molecule has 0 aliphatic rings. The Kier molecular flexibility index (Phi) is 7.29. The van der Waals surface area contributed by atoms with E-state index in [1.165, 1.54) is 0 Å². The molecular formula is C20H25NO4. The highest BCUT2D eigenvalue weighted by atomic mass is 16.5. The van der Waals surface area contributed by atoms with Crippen LogP contribution < -0.4 is 14.8 Å². The van der Waals surface area contributed by atoms with E-state index in [1.807, 2.05) is 37.3 Å². The van der Waals surface area contributed by atoms with E-state index in [-0.39, 0.29) is 12.0 Å². The molecule has 1 atom stereocenters. The molecule has 0 aromatic heterocycles. The standard InChI is InChI=1S/C20H25NO4/c1-4-15(2)25-18-10-8-16(9-11-18)20(22)21-17-6-5-7-19(14-17)24-13-12-23-3/h5-11,14-15H,4,12-13H2,1-3H3,(H,21,22). The molecule has 1 amide bonds. The number of carbonyl (C=O) groups is 1. The lowest BCUT2D eigenvalue weighted by Gasteiger charge is -2.13.